The Morgan fingerprint density at radius 3 is 3.10 bits per heavy atom. The number of imidazole rings is 1. The summed E-state index contributed by atoms with van der Waals surface area (Å²) < 4.78 is 8.92. The summed E-state index contributed by atoms with van der Waals surface area (Å²) in [4.78, 5) is 4.16. The molecule has 2 rings (SSSR count). The second-order valence-corrected chi connectivity index (χ2v) is 5.33. The highest BCUT2D eigenvalue weighted by atomic mass is 32.2. The van der Waals surface area contributed by atoms with Crippen molar-refractivity contribution in [3.05, 3.63) is 18.2 Å². The van der Waals surface area contributed by atoms with Gasteiger partial charge < -0.3 is 14.6 Å². The maximum atomic E-state index is 4.98. The van der Waals surface area contributed by atoms with Crippen molar-refractivity contribution in [3.63, 3.8) is 0 Å². The van der Waals surface area contributed by atoms with E-state index in [0.29, 0.717) is 6.61 Å². The number of hydrogen-bond donors (Lipinski definition) is 1. The van der Waals surface area contributed by atoms with Crippen LogP contribution in [0, 0.1) is 0 Å². The first kappa shape index (κ1) is 15.9. The molecule has 116 valence electrons. The van der Waals surface area contributed by atoms with Crippen LogP contribution in [0.2, 0.25) is 0 Å². The molecule has 0 aromatic carbocycles. The molecular formula is C12H21N7OS. The van der Waals surface area contributed by atoms with Crippen LogP contribution in [0.25, 0.3) is 0 Å². The zero-order valence-electron chi connectivity index (χ0n) is 12.4. The second-order valence-electron chi connectivity index (χ2n) is 4.39. The van der Waals surface area contributed by atoms with Gasteiger partial charge in [-0.15, -0.1) is 5.10 Å². The molecule has 0 amide bonds. The van der Waals surface area contributed by atoms with Crippen LogP contribution in [-0.2, 0) is 23.6 Å². The van der Waals surface area contributed by atoms with Gasteiger partial charge in [0, 0.05) is 44.4 Å². The highest BCUT2D eigenvalue weighted by Crippen LogP contribution is 2.19. The third-order valence-corrected chi connectivity index (χ3v) is 3.96. The van der Waals surface area contributed by atoms with Crippen molar-refractivity contribution in [1.82, 2.24) is 35.1 Å². The van der Waals surface area contributed by atoms with Gasteiger partial charge in [-0.2, -0.15) is 0 Å². The molecule has 0 fully saturated rings. The molecule has 2 aromatic heterocycles. The van der Waals surface area contributed by atoms with Crippen molar-refractivity contribution in [2.24, 2.45) is 0 Å². The third kappa shape index (κ3) is 4.80. The van der Waals surface area contributed by atoms with E-state index < -0.39 is 0 Å². The molecule has 0 radical (unpaired) electrons. The van der Waals surface area contributed by atoms with E-state index in [9.17, 15) is 0 Å². The zero-order chi connectivity index (χ0) is 14.9. The molecule has 0 saturated carbocycles. The fourth-order valence-corrected chi connectivity index (χ4v) is 2.70. The van der Waals surface area contributed by atoms with Crippen molar-refractivity contribution in [2.45, 2.75) is 30.9 Å². The molecular weight excluding hydrogens is 290 g/mol. The number of nitrogens with one attached hydrogen (secondary N) is 1. The van der Waals surface area contributed by atoms with Crippen molar-refractivity contribution in [2.75, 3.05) is 26.8 Å². The normalized spacial score (nSPS) is 11.1. The standard InChI is InChI=1S/C12H21N7OS/c1-3-18-10-14-8-11(18)9-21-12-15-16-17-19(12)6-4-13-5-7-20-2/h8,10,13H,3-7,9H2,1-2H3. The lowest BCUT2D eigenvalue weighted by Crippen LogP contribution is -2.24. The number of rotatable bonds is 10. The molecule has 0 spiro atoms. The number of nitrogens with zero attached hydrogens (tertiary/aromatic N) is 6. The molecule has 9 heteroatoms. The number of thioether (sulfide) groups is 1. The SMILES string of the molecule is CCn1cncc1CSc1nnnn1CCNCCOC. The number of tetrazole rings is 1. The largest absolute Gasteiger partial charge is 0.383 e. The quantitative estimate of drug-likeness (QED) is 0.503. The predicted octanol–water partition coefficient (Wildman–Crippen LogP) is 0.418. The fourth-order valence-electron chi connectivity index (χ4n) is 1.82. The molecule has 21 heavy (non-hydrogen) atoms. The first-order chi connectivity index (χ1) is 10.3. The lowest BCUT2D eigenvalue weighted by Gasteiger charge is -2.06. The van der Waals surface area contributed by atoms with Crippen molar-refractivity contribution >= 4 is 11.8 Å². The average Bonchev–Trinajstić information content (AvgIpc) is 3.13. The van der Waals surface area contributed by atoms with Crippen molar-refractivity contribution in [3.8, 4) is 0 Å². The van der Waals surface area contributed by atoms with E-state index in [-0.39, 0.29) is 0 Å². The summed E-state index contributed by atoms with van der Waals surface area (Å²) in [5.74, 6) is 0.811. The molecule has 1 N–H and O–H groups in total. The van der Waals surface area contributed by atoms with Gasteiger partial charge in [-0.05, 0) is 17.4 Å². The van der Waals surface area contributed by atoms with E-state index in [2.05, 4.69) is 37.3 Å². The van der Waals surface area contributed by atoms with E-state index in [0.717, 1.165) is 37.1 Å². The number of aromatic nitrogens is 6. The number of hydrogen-bond acceptors (Lipinski definition) is 7. The molecule has 0 aliphatic carbocycles. The van der Waals surface area contributed by atoms with Crippen LogP contribution in [-0.4, -0.2) is 56.6 Å². The highest BCUT2D eigenvalue weighted by Gasteiger charge is 2.08. The van der Waals surface area contributed by atoms with Gasteiger partial charge in [0.15, 0.2) is 0 Å². The minimum atomic E-state index is 0.707. The zero-order valence-corrected chi connectivity index (χ0v) is 13.2. The molecule has 0 atom stereocenters. The van der Waals surface area contributed by atoms with E-state index in [1.165, 1.54) is 5.69 Å². The lowest BCUT2D eigenvalue weighted by atomic mass is 10.5. The summed E-state index contributed by atoms with van der Waals surface area (Å²) in [5, 5.41) is 15.9. The summed E-state index contributed by atoms with van der Waals surface area (Å²) in [7, 11) is 1.69. The van der Waals surface area contributed by atoms with Gasteiger partial charge >= 0.3 is 0 Å². The Hall–Kier alpha value is -1.45. The summed E-state index contributed by atoms with van der Waals surface area (Å²) in [6.45, 7) is 6.12. The molecule has 2 aromatic rings. The first-order valence-electron chi connectivity index (χ1n) is 6.92. The van der Waals surface area contributed by atoms with Crippen LogP contribution in [0.1, 0.15) is 12.6 Å². The Balaban J connectivity index is 1.80. The van der Waals surface area contributed by atoms with Gasteiger partial charge in [0.2, 0.25) is 5.16 Å². The summed E-state index contributed by atoms with van der Waals surface area (Å²) in [5.41, 5.74) is 1.18. The third-order valence-electron chi connectivity index (χ3n) is 2.97. The smallest absolute Gasteiger partial charge is 0.209 e. The molecule has 0 bridgehead atoms. The average molecular weight is 311 g/mol. The van der Waals surface area contributed by atoms with E-state index in [1.807, 2.05) is 17.2 Å². The van der Waals surface area contributed by atoms with Gasteiger partial charge in [0.05, 0.1) is 19.5 Å². The minimum Gasteiger partial charge on any atom is -0.383 e. The summed E-state index contributed by atoms with van der Waals surface area (Å²) in [6, 6.07) is 0. The van der Waals surface area contributed by atoms with Gasteiger partial charge in [-0.3, -0.25) is 0 Å². The molecule has 0 unspecified atom stereocenters. The van der Waals surface area contributed by atoms with Crippen LogP contribution in [0.4, 0.5) is 0 Å². The van der Waals surface area contributed by atoms with Gasteiger partial charge in [-0.25, -0.2) is 9.67 Å². The van der Waals surface area contributed by atoms with Gasteiger partial charge in [0.25, 0.3) is 0 Å². The van der Waals surface area contributed by atoms with Gasteiger partial charge in [0.1, 0.15) is 0 Å². The second kappa shape index (κ2) is 8.75. The van der Waals surface area contributed by atoms with Crippen molar-refractivity contribution in [1.29, 1.82) is 0 Å². The highest BCUT2D eigenvalue weighted by molar-refractivity contribution is 7.98. The topological polar surface area (TPSA) is 82.7 Å². The van der Waals surface area contributed by atoms with Crippen molar-refractivity contribution < 1.29 is 4.74 Å². The predicted molar refractivity (Wildman–Crippen MR) is 80.0 cm³/mol. The molecule has 0 aliphatic rings. The van der Waals surface area contributed by atoms with Crippen LogP contribution >= 0.6 is 11.8 Å². The van der Waals surface area contributed by atoms with E-state index in [1.54, 1.807) is 18.9 Å². The lowest BCUT2D eigenvalue weighted by molar-refractivity contribution is 0.199. The Morgan fingerprint density at radius 2 is 2.29 bits per heavy atom. The molecule has 0 aliphatic heterocycles. The Kier molecular flexibility index (Phi) is 6.64. The fraction of sp³-hybridized carbons (Fsp3) is 0.667. The molecule has 8 nitrogen and oxygen atoms in total. The Morgan fingerprint density at radius 1 is 1.38 bits per heavy atom. The molecule has 2 heterocycles. The maximum Gasteiger partial charge on any atom is 0.209 e. The summed E-state index contributed by atoms with van der Waals surface area (Å²) >= 11 is 1.62. The Labute approximate surface area is 128 Å². The van der Waals surface area contributed by atoms with E-state index >= 15 is 0 Å². The van der Waals surface area contributed by atoms with Crippen LogP contribution < -0.4 is 5.32 Å². The monoisotopic (exact) mass is 311 g/mol. The summed E-state index contributed by atoms with van der Waals surface area (Å²) in [6.07, 6.45) is 3.73. The first-order valence-corrected chi connectivity index (χ1v) is 7.91. The van der Waals surface area contributed by atoms with Gasteiger partial charge in [-0.1, -0.05) is 11.8 Å². The van der Waals surface area contributed by atoms with Crippen LogP contribution in [0.5, 0.6) is 0 Å². The van der Waals surface area contributed by atoms with E-state index in [4.69, 9.17) is 4.74 Å². The van der Waals surface area contributed by atoms with Crippen LogP contribution in [0.3, 0.4) is 0 Å². The maximum absolute atomic E-state index is 4.98. The van der Waals surface area contributed by atoms with Crippen LogP contribution in [0.15, 0.2) is 17.7 Å². The Bertz CT molecular complexity index is 527. The number of ether oxygens (including phenoxy) is 1. The number of aryl methyl sites for hydroxylation is 1. The molecule has 0 saturated heterocycles. The minimum absolute atomic E-state index is 0.707. The number of methoxy groups -OCH3 is 1.